The molecule has 0 radical (unpaired) electrons. The van der Waals surface area contributed by atoms with Gasteiger partial charge in [0.15, 0.2) is 0 Å². The second-order valence-electron chi connectivity index (χ2n) is 4.82. The molecule has 0 heterocycles. The zero-order chi connectivity index (χ0) is 9.28. The third kappa shape index (κ3) is 3.19. The molecule has 2 heteroatoms. The van der Waals surface area contributed by atoms with Crippen molar-refractivity contribution in [3.8, 4) is 0 Å². The summed E-state index contributed by atoms with van der Waals surface area (Å²) in [4.78, 5) is 2.19. The summed E-state index contributed by atoms with van der Waals surface area (Å²) in [5.74, 6) is 0. The topological polar surface area (TPSA) is 3.24 Å². The van der Waals surface area contributed by atoms with Crippen molar-refractivity contribution in [1.29, 1.82) is 0 Å². The van der Waals surface area contributed by atoms with Crippen molar-refractivity contribution in [2.45, 2.75) is 52.6 Å². The Morgan fingerprint density at radius 3 is 1.18 bits per heavy atom. The Morgan fingerprint density at radius 1 is 0.909 bits per heavy atom. The van der Waals surface area contributed by atoms with Crippen molar-refractivity contribution in [3.63, 3.8) is 0 Å². The number of hydrogen-bond donors (Lipinski definition) is 0. The quantitative estimate of drug-likeness (QED) is 0.561. The normalized spacial score (nSPS) is 12.9. The van der Waals surface area contributed by atoms with E-state index < -0.39 is 0 Å². The average molecular weight is 173 g/mol. The average Bonchev–Trinajstić information content (AvgIpc) is 1.56. The molecule has 0 bridgehead atoms. The lowest BCUT2D eigenvalue weighted by Crippen LogP contribution is -2.51. The van der Waals surface area contributed by atoms with Gasteiger partial charge in [-0.25, -0.2) is 0 Å². The SMILES string of the molecule is CC(C)(C)N(C=S)C(C)(C)C. The molecule has 0 aromatic heterocycles. The van der Waals surface area contributed by atoms with Crippen LogP contribution in [-0.2, 0) is 0 Å². The van der Waals surface area contributed by atoms with E-state index in [1.54, 1.807) is 5.49 Å². The molecule has 66 valence electrons. The molecule has 0 aliphatic rings. The van der Waals surface area contributed by atoms with Crippen LogP contribution >= 0.6 is 12.2 Å². The maximum absolute atomic E-state index is 4.97. The second kappa shape index (κ2) is 3.10. The number of rotatable bonds is 1. The summed E-state index contributed by atoms with van der Waals surface area (Å²) >= 11 is 4.97. The molecule has 0 fully saturated rings. The molecule has 0 N–H and O–H groups in total. The van der Waals surface area contributed by atoms with E-state index in [9.17, 15) is 0 Å². The first-order valence-electron chi connectivity index (χ1n) is 3.94. The summed E-state index contributed by atoms with van der Waals surface area (Å²) in [6, 6.07) is 0. The summed E-state index contributed by atoms with van der Waals surface area (Å²) in [6.07, 6.45) is 0. The fourth-order valence-corrected chi connectivity index (χ4v) is 1.95. The minimum atomic E-state index is 0.125. The van der Waals surface area contributed by atoms with Crippen LogP contribution in [-0.4, -0.2) is 21.5 Å². The van der Waals surface area contributed by atoms with Gasteiger partial charge in [0, 0.05) is 11.1 Å². The second-order valence-corrected chi connectivity index (χ2v) is 5.03. The number of hydrogen-bond acceptors (Lipinski definition) is 1. The molecule has 0 unspecified atom stereocenters. The van der Waals surface area contributed by atoms with Gasteiger partial charge < -0.3 is 4.90 Å². The van der Waals surface area contributed by atoms with Gasteiger partial charge in [0.2, 0.25) is 0 Å². The van der Waals surface area contributed by atoms with E-state index in [-0.39, 0.29) is 11.1 Å². The summed E-state index contributed by atoms with van der Waals surface area (Å²) in [6.45, 7) is 13.0. The van der Waals surface area contributed by atoms with E-state index >= 15 is 0 Å². The molecule has 0 saturated heterocycles. The predicted molar refractivity (Wildman–Crippen MR) is 55.0 cm³/mol. The van der Waals surface area contributed by atoms with Crippen LogP contribution in [0.5, 0.6) is 0 Å². The molecule has 0 saturated carbocycles. The highest BCUT2D eigenvalue weighted by molar-refractivity contribution is 7.78. The van der Waals surface area contributed by atoms with Crippen LogP contribution in [0.1, 0.15) is 41.5 Å². The van der Waals surface area contributed by atoms with E-state index in [0.29, 0.717) is 0 Å². The van der Waals surface area contributed by atoms with Crippen LogP contribution in [0.3, 0.4) is 0 Å². The van der Waals surface area contributed by atoms with Gasteiger partial charge in [0.1, 0.15) is 0 Å². The number of nitrogens with zero attached hydrogens (tertiary/aromatic N) is 1. The minimum absolute atomic E-state index is 0.125. The van der Waals surface area contributed by atoms with Crippen molar-refractivity contribution >= 4 is 17.7 Å². The van der Waals surface area contributed by atoms with E-state index in [1.807, 2.05) is 0 Å². The van der Waals surface area contributed by atoms with Crippen molar-refractivity contribution < 1.29 is 0 Å². The number of thiocarbonyl (C=S) groups is 1. The molecule has 0 rings (SSSR count). The van der Waals surface area contributed by atoms with Crippen LogP contribution < -0.4 is 0 Å². The van der Waals surface area contributed by atoms with Gasteiger partial charge in [-0.05, 0) is 41.5 Å². The Kier molecular flexibility index (Phi) is 3.06. The highest BCUT2D eigenvalue weighted by atomic mass is 32.1. The predicted octanol–water partition coefficient (Wildman–Crippen LogP) is 2.84. The van der Waals surface area contributed by atoms with Gasteiger partial charge in [-0.15, -0.1) is 0 Å². The molecule has 0 spiro atoms. The Labute approximate surface area is 75.8 Å². The van der Waals surface area contributed by atoms with Crippen LogP contribution in [0, 0.1) is 0 Å². The molecule has 0 aromatic rings. The Balaban J connectivity index is 4.56. The summed E-state index contributed by atoms with van der Waals surface area (Å²) in [7, 11) is 0. The van der Waals surface area contributed by atoms with Crippen molar-refractivity contribution in [1.82, 2.24) is 4.90 Å². The van der Waals surface area contributed by atoms with Gasteiger partial charge in [0.25, 0.3) is 0 Å². The lowest BCUT2D eigenvalue weighted by atomic mass is 9.97. The van der Waals surface area contributed by atoms with Crippen molar-refractivity contribution in [3.05, 3.63) is 0 Å². The van der Waals surface area contributed by atoms with Gasteiger partial charge in [-0.2, -0.15) is 0 Å². The zero-order valence-electron chi connectivity index (χ0n) is 8.43. The maximum Gasteiger partial charge on any atom is 0.0649 e. The molecule has 1 nitrogen and oxygen atoms in total. The van der Waals surface area contributed by atoms with Crippen LogP contribution in [0.2, 0.25) is 0 Å². The third-order valence-electron chi connectivity index (χ3n) is 1.55. The largest absolute Gasteiger partial charge is 0.359 e. The lowest BCUT2D eigenvalue weighted by Gasteiger charge is -2.44. The highest BCUT2D eigenvalue weighted by Crippen LogP contribution is 2.22. The Bertz CT molecular complexity index is 125. The van der Waals surface area contributed by atoms with Crippen molar-refractivity contribution in [2.24, 2.45) is 0 Å². The molecular formula is C9H19NS. The maximum atomic E-state index is 4.97. The summed E-state index contributed by atoms with van der Waals surface area (Å²) < 4.78 is 0. The molecule has 0 aromatic carbocycles. The molecule has 0 amide bonds. The van der Waals surface area contributed by atoms with Gasteiger partial charge in [-0.3, -0.25) is 0 Å². The first-order valence-corrected chi connectivity index (χ1v) is 4.41. The van der Waals surface area contributed by atoms with E-state index in [2.05, 4.69) is 46.4 Å². The van der Waals surface area contributed by atoms with Gasteiger partial charge in [0.05, 0.1) is 5.49 Å². The molecule has 0 aliphatic heterocycles. The molecule has 0 aliphatic carbocycles. The van der Waals surface area contributed by atoms with E-state index in [1.165, 1.54) is 0 Å². The summed E-state index contributed by atoms with van der Waals surface area (Å²) in [5, 5.41) is 0. The van der Waals surface area contributed by atoms with Crippen LogP contribution in [0.25, 0.3) is 0 Å². The minimum Gasteiger partial charge on any atom is -0.359 e. The smallest absolute Gasteiger partial charge is 0.0649 e. The molecule has 0 atom stereocenters. The summed E-state index contributed by atoms with van der Waals surface area (Å²) in [5.41, 5.74) is 2.00. The lowest BCUT2D eigenvalue weighted by molar-refractivity contribution is 0.134. The van der Waals surface area contributed by atoms with Crippen LogP contribution in [0.15, 0.2) is 0 Å². The highest BCUT2D eigenvalue weighted by Gasteiger charge is 2.28. The first-order chi connectivity index (χ1) is 4.69. The zero-order valence-corrected chi connectivity index (χ0v) is 9.25. The first kappa shape index (κ1) is 10.9. The Hall–Kier alpha value is -0.110. The van der Waals surface area contributed by atoms with Crippen LogP contribution in [0.4, 0.5) is 0 Å². The fourth-order valence-electron chi connectivity index (χ4n) is 1.32. The van der Waals surface area contributed by atoms with Gasteiger partial charge in [-0.1, -0.05) is 12.2 Å². The van der Waals surface area contributed by atoms with E-state index in [0.717, 1.165) is 0 Å². The monoisotopic (exact) mass is 173 g/mol. The third-order valence-corrected chi connectivity index (χ3v) is 1.76. The molecule has 11 heavy (non-hydrogen) atoms. The standard InChI is InChI=1S/C9H19NS/c1-8(2,3)10(7-11)9(4,5)6/h7H,1-6H3. The van der Waals surface area contributed by atoms with Gasteiger partial charge >= 0.3 is 0 Å². The fraction of sp³-hybridized carbons (Fsp3) is 0.889. The van der Waals surface area contributed by atoms with E-state index in [4.69, 9.17) is 12.2 Å². The van der Waals surface area contributed by atoms with Crippen molar-refractivity contribution in [2.75, 3.05) is 0 Å². The molecular weight excluding hydrogens is 154 g/mol. The Morgan fingerprint density at radius 2 is 1.18 bits per heavy atom.